The van der Waals surface area contributed by atoms with Gasteiger partial charge in [-0.1, -0.05) is 42.5 Å². The number of aromatic nitrogens is 7. The number of carbonyl (C=O) groups is 7. The van der Waals surface area contributed by atoms with Crippen LogP contribution in [0.4, 0.5) is 4.39 Å². The molecule has 34 nitrogen and oxygen atoms in total. The predicted octanol–water partition coefficient (Wildman–Crippen LogP) is -0.918. The summed E-state index contributed by atoms with van der Waals surface area (Å²) in [6.45, 7) is 5.66. The van der Waals surface area contributed by atoms with Crippen molar-refractivity contribution in [1.82, 2.24) is 66.4 Å². The van der Waals surface area contributed by atoms with E-state index in [4.69, 9.17) is 52.4 Å². The molecule has 0 radical (unpaired) electrons. The van der Waals surface area contributed by atoms with Gasteiger partial charge >= 0.3 is 5.97 Å². The summed E-state index contributed by atoms with van der Waals surface area (Å²) in [6.07, 6.45) is 6.20. The molecule has 36 heteroatoms. The SMILES string of the molecule is CC[C@@]1(O)C(=O)OCc2c1cc1n(c2=O)Cc2c-1nc1cc(F)c(C)c3c1c2[C@@H](NC(=O)COCNC(=O)CNC(=O)[C@H](Cc1ccccc1)NC(=O)CNC(=O)CNC(=O)COCCOCCOCCOCCOCCOCCOCCOCCn1cc(-c2cnc(S(C)(=O)=O)nc2)nn1)CC3. The first-order valence-electron chi connectivity index (χ1n) is 33.4. The summed E-state index contributed by atoms with van der Waals surface area (Å²) in [5.74, 6) is -5.33. The van der Waals surface area contributed by atoms with Crippen LogP contribution in [-0.2, 0) is 129 Å². The zero-order valence-electron chi connectivity index (χ0n) is 57.3. The van der Waals surface area contributed by atoms with Gasteiger partial charge in [-0.2, -0.15) is 0 Å². The summed E-state index contributed by atoms with van der Waals surface area (Å²) in [7, 11) is -3.50. The molecule has 0 bridgehead atoms. The summed E-state index contributed by atoms with van der Waals surface area (Å²) in [6, 6.07) is 9.78. The number of ether oxygens (including phenoxy) is 10. The smallest absolute Gasteiger partial charge is 0.343 e. The molecule has 6 aromatic rings. The number of carbonyl (C=O) groups excluding carboxylic acids is 7. The van der Waals surface area contributed by atoms with Crippen LogP contribution in [0.2, 0.25) is 0 Å². The number of benzene rings is 2. The molecule has 0 unspecified atom stereocenters. The first-order valence-corrected chi connectivity index (χ1v) is 35.3. The maximum Gasteiger partial charge on any atom is 0.343 e. The number of fused-ring (bicyclic) bond motifs is 5. The third-order valence-corrected chi connectivity index (χ3v) is 17.5. The normalized spacial score (nSPS) is 15.3. The molecule has 103 heavy (non-hydrogen) atoms. The average molecular weight is 1460 g/mol. The van der Waals surface area contributed by atoms with Crippen LogP contribution in [0.1, 0.15) is 64.8 Å². The van der Waals surface area contributed by atoms with Crippen molar-refractivity contribution in [3.05, 3.63) is 116 Å². The van der Waals surface area contributed by atoms with E-state index in [2.05, 4.69) is 52.2 Å². The second-order valence-electron chi connectivity index (χ2n) is 23.9. The molecule has 3 atom stereocenters. The molecule has 7 N–H and O–H groups in total. The van der Waals surface area contributed by atoms with Gasteiger partial charge in [-0.3, -0.25) is 33.6 Å². The lowest BCUT2D eigenvalue weighted by Gasteiger charge is -2.31. The van der Waals surface area contributed by atoms with Crippen LogP contribution in [0.5, 0.6) is 0 Å². The van der Waals surface area contributed by atoms with Gasteiger partial charge in [0.1, 0.15) is 44.1 Å². The highest BCUT2D eigenvalue weighted by Gasteiger charge is 2.46. The van der Waals surface area contributed by atoms with Crippen LogP contribution in [-0.4, -0.2) is 240 Å². The summed E-state index contributed by atoms with van der Waals surface area (Å²) in [4.78, 5) is 117. The molecule has 0 saturated heterocycles. The van der Waals surface area contributed by atoms with Crippen molar-refractivity contribution in [2.45, 2.75) is 82.1 Å². The van der Waals surface area contributed by atoms with Crippen molar-refractivity contribution < 1.29 is 98.8 Å². The van der Waals surface area contributed by atoms with Gasteiger partial charge in [0.2, 0.25) is 50.4 Å². The van der Waals surface area contributed by atoms with E-state index in [0.717, 1.165) is 11.8 Å². The highest BCUT2D eigenvalue weighted by atomic mass is 32.2. The molecule has 6 amide bonds. The van der Waals surface area contributed by atoms with Gasteiger partial charge in [0.25, 0.3) is 5.56 Å². The molecular weight excluding hydrogens is 1370 g/mol. The van der Waals surface area contributed by atoms with E-state index in [-0.39, 0.29) is 68.7 Å². The standard InChI is InChI=1S/C67H84FN13O21S/c1-4-67(90)48-29-54-62-46(36-81(54)64(88)47(48)38-102-65(67)89)61-50(11-10-45-42(2)49(68)30-51(77-62)60(45)61)75-59(86)40-101-41-74-56(83)34-71-63(87)52(28-43-8-6-5-7-9-43)76-57(84)35-69-55(82)33-70-58(85)39-100-27-26-99-25-24-98-23-22-97-21-20-96-19-18-95-17-16-94-15-14-93-13-12-80-37-53(78-79-80)44-31-72-66(73-32-44)103(3,91)92/h5-9,29-32,37,50,52,90H,4,10-28,33-36,38-41H2,1-3H3,(H,69,82)(H,70,85)(H,71,87)(H,74,83)(H,75,86)(H,76,84)/t50-,52-,67-/m0/s1. The number of rotatable bonds is 44. The summed E-state index contributed by atoms with van der Waals surface area (Å²) in [5.41, 5.74) is 2.81. The van der Waals surface area contributed by atoms with Gasteiger partial charge in [0.05, 0.1) is 167 Å². The molecular formula is C67H84FN13O21S. The lowest BCUT2D eigenvalue weighted by Crippen LogP contribution is -2.52. The first-order chi connectivity index (χ1) is 49.7. The number of sulfone groups is 1. The molecule has 556 valence electrons. The number of aryl methyl sites for hydroxylation is 1. The Morgan fingerprint density at radius 2 is 1.30 bits per heavy atom. The van der Waals surface area contributed by atoms with Gasteiger partial charge in [0, 0.05) is 53.2 Å². The lowest BCUT2D eigenvalue weighted by molar-refractivity contribution is -0.172. The fraction of sp³-hybridized carbons (Fsp3) is 0.507. The largest absolute Gasteiger partial charge is 0.458 e. The zero-order valence-corrected chi connectivity index (χ0v) is 58.1. The average Bonchev–Trinajstić information content (AvgIpc) is 1.60. The minimum Gasteiger partial charge on any atom is -0.458 e. The Kier molecular flexibility index (Phi) is 29.0. The molecule has 1 aliphatic carbocycles. The number of nitrogens with one attached hydrogen (secondary N) is 6. The minimum absolute atomic E-state index is 0.0217. The zero-order chi connectivity index (χ0) is 73.3. The van der Waals surface area contributed by atoms with E-state index in [1.54, 1.807) is 61.1 Å². The molecule has 2 aromatic carbocycles. The van der Waals surface area contributed by atoms with Crippen molar-refractivity contribution in [3.63, 3.8) is 0 Å². The van der Waals surface area contributed by atoms with Crippen LogP contribution in [0.3, 0.4) is 0 Å². The van der Waals surface area contributed by atoms with Crippen LogP contribution in [0.15, 0.2) is 71.0 Å². The quantitative estimate of drug-likeness (QED) is 0.0105. The Labute approximate surface area is 590 Å². The molecule has 4 aromatic heterocycles. The van der Waals surface area contributed by atoms with Crippen LogP contribution < -0.4 is 37.5 Å². The van der Waals surface area contributed by atoms with E-state index in [1.807, 2.05) is 0 Å². The molecule has 9 rings (SSSR count). The van der Waals surface area contributed by atoms with Gasteiger partial charge in [-0.15, -0.1) is 5.10 Å². The molecule has 3 aliphatic rings. The predicted molar refractivity (Wildman–Crippen MR) is 359 cm³/mol. The minimum atomic E-state index is -3.50. The van der Waals surface area contributed by atoms with E-state index in [1.165, 1.54) is 23.0 Å². The number of aliphatic hydroxyl groups is 1. The number of halogens is 1. The summed E-state index contributed by atoms with van der Waals surface area (Å²) >= 11 is 0. The first kappa shape index (κ1) is 77.9. The second-order valence-corrected chi connectivity index (χ2v) is 25.8. The van der Waals surface area contributed by atoms with Crippen LogP contribution in [0, 0.1) is 12.7 Å². The van der Waals surface area contributed by atoms with Crippen LogP contribution >= 0.6 is 0 Å². The second kappa shape index (κ2) is 38.3. The van der Waals surface area contributed by atoms with E-state index in [0.29, 0.717) is 154 Å². The number of pyridine rings is 2. The van der Waals surface area contributed by atoms with Crippen molar-refractivity contribution in [2.75, 3.05) is 145 Å². The Hall–Kier alpha value is -9.21. The molecule has 0 fully saturated rings. The Balaban J connectivity index is 0.565. The lowest BCUT2D eigenvalue weighted by atomic mass is 9.81. The van der Waals surface area contributed by atoms with Crippen LogP contribution in [0.25, 0.3) is 33.5 Å². The van der Waals surface area contributed by atoms with Crippen molar-refractivity contribution in [1.29, 1.82) is 0 Å². The van der Waals surface area contributed by atoms with Gasteiger partial charge in [-0.25, -0.2) is 37.2 Å². The molecule has 6 heterocycles. The topological polar surface area (TPSA) is 430 Å². The maximum absolute atomic E-state index is 15.4. The molecule has 0 saturated carbocycles. The Bertz CT molecular complexity index is 4130. The third kappa shape index (κ3) is 21.9. The van der Waals surface area contributed by atoms with Crippen molar-refractivity contribution in [2.24, 2.45) is 0 Å². The van der Waals surface area contributed by atoms with Crippen molar-refractivity contribution >= 4 is 62.2 Å². The number of hydrogen-bond donors (Lipinski definition) is 7. The third-order valence-electron chi connectivity index (χ3n) is 16.7. The van der Waals surface area contributed by atoms with E-state index >= 15 is 4.39 Å². The maximum atomic E-state index is 15.4. The monoisotopic (exact) mass is 1460 g/mol. The van der Waals surface area contributed by atoms with Gasteiger partial charge < -0.3 is 88.9 Å². The van der Waals surface area contributed by atoms with E-state index < -0.39 is 113 Å². The number of hydrogen-bond acceptors (Lipinski definition) is 26. The number of nitrogens with zero attached hydrogens (tertiary/aromatic N) is 7. The molecule has 0 spiro atoms. The summed E-state index contributed by atoms with van der Waals surface area (Å²) < 4.78 is 96.2. The fourth-order valence-corrected chi connectivity index (χ4v) is 11.9. The number of amides is 6. The van der Waals surface area contributed by atoms with Gasteiger partial charge in [-0.05, 0) is 54.5 Å². The Morgan fingerprint density at radius 3 is 1.93 bits per heavy atom. The number of cyclic esters (lactones) is 1. The molecule has 2 aliphatic heterocycles. The summed E-state index contributed by atoms with van der Waals surface area (Å²) in [5, 5.41) is 35.2. The Morgan fingerprint density at radius 1 is 0.718 bits per heavy atom. The highest BCUT2D eigenvalue weighted by Crippen LogP contribution is 2.46. The number of esters is 1. The van der Waals surface area contributed by atoms with Gasteiger partial charge in [0.15, 0.2) is 5.60 Å². The fourth-order valence-electron chi connectivity index (χ4n) is 11.4. The van der Waals surface area contributed by atoms with Crippen molar-refractivity contribution in [3.8, 4) is 22.6 Å². The van der Waals surface area contributed by atoms with E-state index in [9.17, 15) is 51.9 Å². The highest BCUT2D eigenvalue weighted by molar-refractivity contribution is 7.90.